The van der Waals surface area contributed by atoms with Crippen molar-refractivity contribution in [3.05, 3.63) is 41.6 Å². The molecule has 0 spiro atoms. The Kier molecular flexibility index (Phi) is 4.99. The smallest absolute Gasteiger partial charge is 0.325 e. The molecule has 6 rings (SSSR count). The van der Waals surface area contributed by atoms with E-state index in [-0.39, 0.29) is 18.7 Å². The van der Waals surface area contributed by atoms with E-state index < -0.39 is 11.6 Å². The van der Waals surface area contributed by atoms with Gasteiger partial charge in [-0.15, -0.1) is 21.5 Å². The number of thiazole rings is 1. The van der Waals surface area contributed by atoms with Crippen molar-refractivity contribution in [3.63, 3.8) is 0 Å². The second-order valence-corrected chi connectivity index (χ2v) is 10.2. The van der Waals surface area contributed by atoms with Crippen LogP contribution in [0.2, 0.25) is 0 Å². The van der Waals surface area contributed by atoms with Crippen LogP contribution in [0, 0.1) is 6.92 Å². The molecule has 2 aliphatic rings. The Morgan fingerprint density at radius 1 is 1.17 bits per heavy atom. The molecule has 1 saturated carbocycles. The molecular formula is C23H23F3N8S. The van der Waals surface area contributed by atoms with E-state index >= 15 is 0 Å². The average molecular weight is 501 g/mol. The monoisotopic (exact) mass is 500 g/mol. The third-order valence-corrected chi connectivity index (χ3v) is 8.16. The average Bonchev–Trinajstić information content (AvgIpc) is 3.45. The molecular weight excluding hydrogens is 477 g/mol. The highest BCUT2D eigenvalue weighted by Crippen LogP contribution is 2.54. The molecule has 8 nitrogen and oxygen atoms in total. The largest absolute Gasteiger partial charge is 0.401 e. The number of alkyl halides is 3. The van der Waals surface area contributed by atoms with Gasteiger partial charge in [0.2, 0.25) is 0 Å². The van der Waals surface area contributed by atoms with Crippen LogP contribution in [0.25, 0.3) is 21.3 Å². The Bertz CT molecular complexity index is 1410. The van der Waals surface area contributed by atoms with Gasteiger partial charge in [0.15, 0.2) is 5.82 Å². The van der Waals surface area contributed by atoms with Crippen molar-refractivity contribution in [2.75, 3.05) is 5.32 Å². The molecule has 1 N–H and O–H groups in total. The molecule has 0 amide bonds. The highest BCUT2D eigenvalue weighted by atomic mass is 32.1. The number of anilines is 2. The molecule has 0 aromatic carbocycles. The summed E-state index contributed by atoms with van der Waals surface area (Å²) in [6, 6.07) is 3.79. The van der Waals surface area contributed by atoms with Crippen LogP contribution in [0.4, 0.5) is 24.8 Å². The second-order valence-electron chi connectivity index (χ2n) is 9.18. The Balaban J connectivity index is 1.40. The molecule has 1 fully saturated rings. The molecule has 4 aromatic rings. The second kappa shape index (κ2) is 7.87. The maximum atomic E-state index is 14.0. The van der Waals surface area contributed by atoms with Crippen LogP contribution < -0.4 is 5.32 Å². The van der Waals surface area contributed by atoms with E-state index in [1.54, 1.807) is 21.6 Å². The lowest BCUT2D eigenvalue weighted by Crippen LogP contribution is -2.49. The maximum absolute atomic E-state index is 14.0. The van der Waals surface area contributed by atoms with Crippen LogP contribution in [0.1, 0.15) is 42.8 Å². The number of nitrogens with one attached hydrogen (secondary N) is 1. The van der Waals surface area contributed by atoms with Crippen LogP contribution in [0.3, 0.4) is 0 Å². The molecule has 0 saturated heterocycles. The Morgan fingerprint density at radius 3 is 2.69 bits per heavy atom. The van der Waals surface area contributed by atoms with E-state index in [2.05, 4.69) is 25.6 Å². The Morgan fingerprint density at radius 2 is 2.00 bits per heavy atom. The SMILES string of the molecule is Cc1cnc(Nc2ccnn2C)cc1-c1nc2c(s1)-c1nnc(C3(C(F)(F)F)CCC3)n1CCC2. The fourth-order valence-electron chi connectivity index (χ4n) is 4.87. The summed E-state index contributed by atoms with van der Waals surface area (Å²) in [6.45, 7) is 2.42. The number of hydrogen-bond donors (Lipinski definition) is 1. The predicted molar refractivity (Wildman–Crippen MR) is 125 cm³/mol. The fraction of sp³-hybridized carbons (Fsp3) is 0.435. The van der Waals surface area contributed by atoms with Gasteiger partial charge in [-0.05, 0) is 44.2 Å². The molecule has 4 aromatic heterocycles. The lowest BCUT2D eigenvalue weighted by molar-refractivity contribution is -0.216. The minimum atomic E-state index is -4.34. The van der Waals surface area contributed by atoms with Gasteiger partial charge in [-0.3, -0.25) is 4.68 Å². The van der Waals surface area contributed by atoms with E-state index in [4.69, 9.17) is 4.98 Å². The van der Waals surface area contributed by atoms with Gasteiger partial charge in [-0.1, -0.05) is 6.42 Å². The number of hydrogen-bond acceptors (Lipinski definition) is 7. The van der Waals surface area contributed by atoms with E-state index in [9.17, 15) is 13.2 Å². The predicted octanol–water partition coefficient (Wildman–Crippen LogP) is 5.18. The number of halogens is 3. The van der Waals surface area contributed by atoms with Crippen LogP contribution in [0.15, 0.2) is 24.5 Å². The number of aryl methyl sites for hydroxylation is 3. The van der Waals surface area contributed by atoms with Crippen LogP contribution >= 0.6 is 11.3 Å². The van der Waals surface area contributed by atoms with Gasteiger partial charge in [0, 0.05) is 31.4 Å². The Labute approximate surface area is 203 Å². The number of fused-ring (bicyclic) bond motifs is 3. The van der Waals surface area contributed by atoms with Gasteiger partial charge in [-0.25, -0.2) is 9.97 Å². The zero-order valence-corrected chi connectivity index (χ0v) is 20.0. The van der Waals surface area contributed by atoms with Crippen molar-refractivity contribution in [2.45, 2.75) is 57.2 Å². The first-order valence-corrected chi connectivity index (χ1v) is 12.3. The summed E-state index contributed by atoms with van der Waals surface area (Å²) in [4.78, 5) is 10.2. The molecule has 35 heavy (non-hydrogen) atoms. The van der Waals surface area contributed by atoms with Crippen molar-refractivity contribution >= 4 is 23.0 Å². The standard InChI is InChI=1S/C23H23F3N8S/c1-13-12-27-16(30-17-6-9-28-33(17)2)11-14(13)20-29-15-5-3-10-34-19(18(15)35-20)31-32-21(34)22(7-4-8-22)23(24,25)26/h6,9,11-12H,3-5,7-8,10H2,1-2H3,(H,27,30). The molecule has 0 bridgehead atoms. The lowest BCUT2D eigenvalue weighted by Gasteiger charge is -2.42. The van der Waals surface area contributed by atoms with Crippen LogP contribution in [-0.4, -0.2) is 40.7 Å². The Hall–Kier alpha value is -3.28. The molecule has 182 valence electrons. The van der Waals surface area contributed by atoms with Crippen molar-refractivity contribution in [1.82, 2.24) is 34.5 Å². The summed E-state index contributed by atoms with van der Waals surface area (Å²) in [7, 11) is 1.84. The van der Waals surface area contributed by atoms with E-state index in [1.807, 2.05) is 26.1 Å². The first-order valence-electron chi connectivity index (χ1n) is 11.5. The molecule has 0 atom stereocenters. The van der Waals surface area contributed by atoms with Gasteiger partial charge in [0.1, 0.15) is 27.9 Å². The van der Waals surface area contributed by atoms with Gasteiger partial charge in [0.05, 0.1) is 16.8 Å². The quantitative estimate of drug-likeness (QED) is 0.416. The summed E-state index contributed by atoms with van der Waals surface area (Å²) in [5.41, 5.74) is 0.844. The minimum Gasteiger partial charge on any atom is -0.325 e. The number of nitrogens with zero attached hydrogens (tertiary/aromatic N) is 7. The van der Waals surface area contributed by atoms with Crippen molar-refractivity contribution in [1.29, 1.82) is 0 Å². The first kappa shape index (κ1) is 22.2. The maximum Gasteiger partial charge on any atom is 0.401 e. The minimum absolute atomic E-state index is 0.0526. The van der Waals surface area contributed by atoms with E-state index in [1.165, 1.54) is 11.3 Å². The van der Waals surface area contributed by atoms with Crippen molar-refractivity contribution < 1.29 is 13.2 Å². The zero-order valence-electron chi connectivity index (χ0n) is 19.2. The molecule has 5 heterocycles. The van der Waals surface area contributed by atoms with E-state index in [0.29, 0.717) is 37.4 Å². The third kappa shape index (κ3) is 3.45. The van der Waals surface area contributed by atoms with Gasteiger partial charge >= 0.3 is 6.18 Å². The third-order valence-electron chi connectivity index (χ3n) is 7.03. The zero-order chi connectivity index (χ0) is 24.4. The fourth-order valence-corrected chi connectivity index (χ4v) is 6.05. The lowest BCUT2D eigenvalue weighted by atomic mass is 9.67. The van der Waals surface area contributed by atoms with Crippen molar-refractivity contribution in [2.24, 2.45) is 7.05 Å². The summed E-state index contributed by atoms with van der Waals surface area (Å²) in [5.74, 6) is 2.00. The highest BCUT2D eigenvalue weighted by Gasteiger charge is 2.62. The molecule has 12 heteroatoms. The van der Waals surface area contributed by atoms with E-state index in [0.717, 1.165) is 32.5 Å². The van der Waals surface area contributed by atoms with Crippen molar-refractivity contribution in [3.8, 4) is 21.3 Å². The summed E-state index contributed by atoms with van der Waals surface area (Å²) in [6.07, 6.45) is 1.19. The molecule has 0 unspecified atom stereocenters. The number of pyridine rings is 1. The van der Waals surface area contributed by atoms with Gasteiger partial charge in [0.25, 0.3) is 0 Å². The summed E-state index contributed by atoms with van der Waals surface area (Å²) >= 11 is 1.45. The molecule has 1 aliphatic carbocycles. The van der Waals surface area contributed by atoms with Gasteiger partial charge < -0.3 is 9.88 Å². The van der Waals surface area contributed by atoms with Gasteiger partial charge in [-0.2, -0.15) is 18.3 Å². The number of aromatic nitrogens is 7. The molecule has 0 radical (unpaired) electrons. The topological polar surface area (TPSA) is 86.3 Å². The van der Waals surface area contributed by atoms with Crippen LogP contribution in [-0.2, 0) is 25.4 Å². The number of rotatable bonds is 4. The molecule has 1 aliphatic heterocycles. The normalized spacial score (nSPS) is 16.8. The highest BCUT2D eigenvalue weighted by molar-refractivity contribution is 7.18. The first-order chi connectivity index (χ1) is 16.8. The van der Waals surface area contributed by atoms with Crippen LogP contribution in [0.5, 0.6) is 0 Å². The summed E-state index contributed by atoms with van der Waals surface area (Å²) < 4.78 is 45.5. The summed E-state index contributed by atoms with van der Waals surface area (Å²) in [5, 5.41) is 16.6.